The fraction of sp³-hybridized carbons (Fsp3) is 0.316. The van der Waals surface area contributed by atoms with Crippen LogP contribution in [0.2, 0.25) is 0 Å². The van der Waals surface area contributed by atoms with Crippen LogP contribution in [0.1, 0.15) is 12.8 Å². The fourth-order valence-electron chi connectivity index (χ4n) is 3.34. The number of rotatable bonds is 4. The largest absolute Gasteiger partial charge is 0.465 e. The highest BCUT2D eigenvalue weighted by Crippen LogP contribution is 2.33. The number of carbonyl (C=O) groups is 1. The highest BCUT2D eigenvalue weighted by Gasteiger charge is 2.28. The molecule has 0 bridgehead atoms. The molecule has 1 saturated heterocycles. The van der Waals surface area contributed by atoms with Crippen molar-refractivity contribution >= 4 is 11.8 Å². The first-order chi connectivity index (χ1) is 12.4. The minimum atomic E-state index is -1.18. The van der Waals surface area contributed by atoms with Gasteiger partial charge in [-0.05, 0) is 62.3 Å². The standard InChI is InChI=1S/C19H19F3N2O2/c1-23-8-2-3-14(23)11-24(19(25)26)18-7-5-13(20)10-15(18)12-4-6-16(21)17(22)9-12/h4-7,9-10,14H,2-3,8,11H2,1H3,(H,25,26). The van der Waals surface area contributed by atoms with Gasteiger partial charge in [-0.25, -0.2) is 18.0 Å². The van der Waals surface area contributed by atoms with Crippen LogP contribution in [0.25, 0.3) is 11.1 Å². The molecule has 1 N–H and O–H groups in total. The molecular formula is C19H19F3N2O2. The highest BCUT2D eigenvalue weighted by molar-refractivity contribution is 5.93. The zero-order chi connectivity index (χ0) is 18.8. The quantitative estimate of drug-likeness (QED) is 0.877. The molecule has 1 atom stereocenters. The minimum Gasteiger partial charge on any atom is -0.465 e. The normalized spacial score (nSPS) is 17.5. The van der Waals surface area contributed by atoms with E-state index >= 15 is 0 Å². The lowest BCUT2D eigenvalue weighted by Crippen LogP contribution is -2.41. The molecule has 138 valence electrons. The van der Waals surface area contributed by atoms with Crippen molar-refractivity contribution in [3.63, 3.8) is 0 Å². The number of halogens is 3. The first-order valence-corrected chi connectivity index (χ1v) is 8.32. The molecule has 3 rings (SSSR count). The Hall–Kier alpha value is -2.54. The zero-order valence-electron chi connectivity index (χ0n) is 14.3. The van der Waals surface area contributed by atoms with E-state index < -0.39 is 23.5 Å². The molecule has 0 aromatic heterocycles. The highest BCUT2D eigenvalue weighted by atomic mass is 19.2. The molecule has 1 aliphatic heterocycles. The third kappa shape index (κ3) is 3.67. The Bertz CT molecular complexity index is 828. The second-order valence-corrected chi connectivity index (χ2v) is 6.46. The van der Waals surface area contributed by atoms with E-state index in [1.807, 2.05) is 7.05 Å². The van der Waals surface area contributed by atoms with E-state index in [0.29, 0.717) is 0 Å². The van der Waals surface area contributed by atoms with E-state index in [4.69, 9.17) is 0 Å². The second-order valence-electron chi connectivity index (χ2n) is 6.46. The molecule has 2 aromatic rings. The molecule has 2 aromatic carbocycles. The van der Waals surface area contributed by atoms with Crippen molar-refractivity contribution in [2.24, 2.45) is 0 Å². The van der Waals surface area contributed by atoms with Crippen molar-refractivity contribution in [2.75, 3.05) is 25.0 Å². The first kappa shape index (κ1) is 18.3. The molecule has 4 nitrogen and oxygen atoms in total. The summed E-state index contributed by atoms with van der Waals surface area (Å²) in [7, 11) is 1.93. The van der Waals surface area contributed by atoms with Gasteiger partial charge in [-0.15, -0.1) is 0 Å². The summed E-state index contributed by atoms with van der Waals surface area (Å²) in [6, 6.07) is 6.88. The number of hydrogen-bond donors (Lipinski definition) is 1. The first-order valence-electron chi connectivity index (χ1n) is 8.32. The molecule has 1 amide bonds. The van der Waals surface area contributed by atoms with E-state index in [1.54, 1.807) is 0 Å². The molecule has 0 saturated carbocycles. The van der Waals surface area contributed by atoms with Crippen LogP contribution in [0.15, 0.2) is 36.4 Å². The van der Waals surface area contributed by atoms with Crippen molar-refractivity contribution < 1.29 is 23.1 Å². The van der Waals surface area contributed by atoms with Crippen LogP contribution in [0.4, 0.5) is 23.7 Å². The van der Waals surface area contributed by atoms with Gasteiger partial charge in [-0.2, -0.15) is 0 Å². The summed E-state index contributed by atoms with van der Waals surface area (Å²) in [6.07, 6.45) is 0.663. The predicted octanol–water partition coefficient (Wildman–Crippen LogP) is 4.35. The lowest BCUT2D eigenvalue weighted by atomic mass is 10.0. The molecule has 1 fully saturated rings. The number of benzene rings is 2. The maximum Gasteiger partial charge on any atom is 0.411 e. The van der Waals surface area contributed by atoms with Crippen LogP contribution in [-0.4, -0.2) is 42.3 Å². The van der Waals surface area contributed by atoms with Gasteiger partial charge in [0.15, 0.2) is 11.6 Å². The summed E-state index contributed by atoms with van der Waals surface area (Å²) in [5.74, 6) is -2.68. The van der Waals surface area contributed by atoms with Crippen molar-refractivity contribution in [2.45, 2.75) is 18.9 Å². The topological polar surface area (TPSA) is 43.8 Å². The number of nitrogens with zero attached hydrogens (tertiary/aromatic N) is 2. The average Bonchev–Trinajstić information content (AvgIpc) is 3.00. The Labute approximate surface area is 149 Å². The van der Waals surface area contributed by atoms with E-state index in [-0.39, 0.29) is 29.4 Å². The van der Waals surface area contributed by atoms with Gasteiger partial charge < -0.3 is 10.0 Å². The Morgan fingerprint density at radius 3 is 2.58 bits per heavy atom. The molecule has 1 unspecified atom stereocenters. The summed E-state index contributed by atoms with van der Waals surface area (Å²) < 4.78 is 40.7. The monoisotopic (exact) mass is 364 g/mol. The van der Waals surface area contributed by atoms with Gasteiger partial charge in [0.25, 0.3) is 0 Å². The van der Waals surface area contributed by atoms with Crippen molar-refractivity contribution in [3.8, 4) is 11.1 Å². The average molecular weight is 364 g/mol. The summed E-state index contributed by atoms with van der Waals surface area (Å²) >= 11 is 0. The number of anilines is 1. The van der Waals surface area contributed by atoms with E-state index in [0.717, 1.165) is 48.6 Å². The van der Waals surface area contributed by atoms with E-state index in [9.17, 15) is 23.1 Å². The van der Waals surface area contributed by atoms with Crippen LogP contribution in [0.3, 0.4) is 0 Å². The van der Waals surface area contributed by atoms with Gasteiger partial charge in [0.2, 0.25) is 0 Å². The molecule has 1 heterocycles. The number of likely N-dealkylation sites (N-methyl/N-ethyl adjacent to an activating group) is 1. The Morgan fingerprint density at radius 1 is 1.19 bits per heavy atom. The van der Waals surface area contributed by atoms with Gasteiger partial charge in [0, 0.05) is 18.2 Å². The third-order valence-corrected chi connectivity index (χ3v) is 4.78. The Balaban J connectivity index is 2.04. The van der Waals surface area contributed by atoms with Gasteiger partial charge in [0.05, 0.1) is 5.69 Å². The third-order valence-electron chi connectivity index (χ3n) is 4.78. The van der Waals surface area contributed by atoms with E-state index in [1.165, 1.54) is 12.1 Å². The Morgan fingerprint density at radius 2 is 1.96 bits per heavy atom. The molecule has 26 heavy (non-hydrogen) atoms. The van der Waals surface area contributed by atoms with Crippen LogP contribution in [-0.2, 0) is 0 Å². The Kier molecular flexibility index (Phi) is 5.18. The molecule has 0 radical (unpaired) electrons. The second kappa shape index (κ2) is 7.37. The van der Waals surface area contributed by atoms with Crippen molar-refractivity contribution in [3.05, 3.63) is 53.8 Å². The number of hydrogen-bond acceptors (Lipinski definition) is 2. The number of likely N-dealkylation sites (tertiary alicyclic amines) is 1. The van der Waals surface area contributed by atoms with Gasteiger partial charge in [0.1, 0.15) is 5.82 Å². The predicted molar refractivity (Wildman–Crippen MR) is 92.8 cm³/mol. The molecular weight excluding hydrogens is 345 g/mol. The van der Waals surface area contributed by atoms with Crippen molar-refractivity contribution in [1.29, 1.82) is 0 Å². The lowest BCUT2D eigenvalue weighted by Gasteiger charge is -2.28. The zero-order valence-corrected chi connectivity index (χ0v) is 14.3. The van der Waals surface area contributed by atoms with Gasteiger partial charge >= 0.3 is 6.09 Å². The molecule has 0 aliphatic carbocycles. The SMILES string of the molecule is CN1CCCC1CN(C(=O)O)c1ccc(F)cc1-c1ccc(F)c(F)c1. The lowest BCUT2D eigenvalue weighted by molar-refractivity contribution is 0.198. The van der Waals surface area contributed by atoms with Crippen LogP contribution in [0.5, 0.6) is 0 Å². The van der Waals surface area contributed by atoms with Gasteiger partial charge in [-0.3, -0.25) is 4.90 Å². The maximum absolute atomic E-state index is 13.8. The van der Waals surface area contributed by atoms with Gasteiger partial charge in [-0.1, -0.05) is 6.07 Å². The fourth-order valence-corrected chi connectivity index (χ4v) is 3.34. The van der Waals surface area contributed by atoms with E-state index in [2.05, 4.69) is 4.90 Å². The van der Waals surface area contributed by atoms with Crippen molar-refractivity contribution in [1.82, 2.24) is 4.90 Å². The molecule has 1 aliphatic rings. The summed E-state index contributed by atoms with van der Waals surface area (Å²) in [5.41, 5.74) is 0.654. The summed E-state index contributed by atoms with van der Waals surface area (Å²) in [5, 5.41) is 9.69. The van der Waals surface area contributed by atoms with Crippen LogP contribution >= 0.6 is 0 Å². The summed E-state index contributed by atoms with van der Waals surface area (Å²) in [6.45, 7) is 1.10. The van der Waals surface area contributed by atoms with Crippen LogP contribution in [0, 0.1) is 17.5 Å². The molecule has 0 spiro atoms. The minimum absolute atomic E-state index is 0.0500. The molecule has 7 heteroatoms. The number of amides is 1. The number of carboxylic acid groups (broad SMARTS) is 1. The maximum atomic E-state index is 13.8. The summed E-state index contributed by atoms with van der Waals surface area (Å²) in [4.78, 5) is 15.1. The van der Waals surface area contributed by atoms with Crippen LogP contribution < -0.4 is 4.90 Å². The smallest absolute Gasteiger partial charge is 0.411 e.